The summed E-state index contributed by atoms with van der Waals surface area (Å²) in [6, 6.07) is 0. The minimum atomic E-state index is -0.460. The molecular weight excluding hydrogens is 246 g/mol. The Morgan fingerprint density at radius 3 is 2.79 bits per heavy atom. The first-order valence-corrected chi connectivity index (χ1v) is 6.59. The number of likely N-dealkylation sites (tertiary alicyclic amines) is 1. The van der Waals surface area contributed by atoms with Gasteiger partial charge in [-0.15, -0.1) is 10.2 Å². The molecule has 1 saturated heterocycles. The minimum absolute atomic E-state index is 0.113. The summed E-state index contributed by atoms with van der Waals surface area (Å²) >= 11 is 0. The molecule has 19 heavy (non-hydrogen) atoms. The van der Waals surface area contributed by atoms with E-state index in [0.717, 1.165) is 13.0 Å². The van der Waals surface area contributed by atoms with Crippen molar-refractivity contribution in [3.63, 3.8) is 0 Å². The highest BCUT2D eigenvalue weighted by molar-refractivity contribution is 5.69. The molecule has 2 fully saturated rings. The zero-order valence-corrected chi connectivity index (χ0v) is 11.8. The van der Waals surface area contributed by atoms with Gasteiger partial charge in [-0.2, -0.15) is 0 Å². The quantitative estimate of drug-likeness (QED) is 0.775. The van der Waals surface area contributed by atoms with Crippen LogP contribution in [0.25, 0.3) is 0 Å². The van der Waals surface area contributed by atoms with Crippen molar-refractivity contribution in [2.45, 2.75) is 45.1 Å². The fourth-order valence-corrected chi connectivity index (χ4v) is 2.78. The molecule has 0 aromatic carbocycles. The molecule has 2 atom stereocenters. The predicted octanol–water partition coefficient (Wildman–Crippen LogP) is 1.89. The second-order valence-corrected chi connectivity index (χ2v) is 6.54. The van der Waals surface area contributed by atoms with Gasteiger partial charge in [0.2, 0.25) is 11.8 Å². The van der Waals surface area contributed by atoms with Crippen LogP contribution in [0.1, 0.15) is 39.0 Å². The van der Waals surface area contributed by atoms with Crippen LogP contribution in [0, 0.1) is 12.8 Å². The highest BCUT2D eigenvalue weighted by atomic mass is 16.6. The lowest BCUT2D eigenvalue weighted by Gasteiger charge is -2.25. The monoisotopic (exact) mass is 265 g/mol. The van der Waals surface area contributed by atoms with E-state index in [-0.39, 0.29) is 11.5 Å². The molecule has 1 saturated carbocycles. The van der Waals surface area contributed by atoms with Gasteiger partial charge < -0.3 is 14.1 Å². The van der Waals surface area contributed by atoms with E-state index in [2.05, 4.69) is 10.2 Å². The summed E-state index contributed by atoms with van der Waals surface area (Å²) in [5, 5.41) is 8.00. The van der Waals surface area contributed by atoms with Crippen LogP contribution < -0.4 is 0 Å². The first kappa shape index (κ1) is 12.4. The van der Waals surface area contributed by atoms with Gasteiger partial charge in [0.25, 0.3) is 0 Å². The molecule has 3 rings (SSSR count). The Morgan fingerprint density at radius 2 is 2.21 bits per heavy atom. The zero-order chi connectivity index (χ0) is 13.8. The summed E-state index contributed by atoms with van der Waals surface area (Å²) in [5.74, 6) is 1.67. The number of rotatable bonds is 1. The van der Waals surface area contributed by atoms with Crippen molar-refractivity contribution in [2.75, 3.05) is 13.1 Å². The van der Waals surface area contributed by atoms with Crippen LogP contribution in [0.4, 0.5) is 4.79 Å². The number of nitrogens with zero attached hydrogens (tertiary/aromatic N) is 3. The minimum Gasteiger partial charge on any atom is -0.444 e. The van der Waals surface area contributed by atoms with Gasteiger partial charge >= 0.3 is 6.09 Å². The maximum Gasteiger partial charge on any atom is 0.410 e. The Balaban J connectivity index is 1.70. The molecule has 0 N–H and O–H groups in total. The lowest BCUT2D eigenvalue weighted by molar-refractivity contribution is 0.0268. The van der Waals surface area contributed by atoms with Crippen molar-refractivity contribution in [3.05, 3.63) is 11.8 Å². The van der Waals surface area contributed by atoms with Gasteiger partial charge in [0, 0.05) is 20.0 Å². The Morgan fingerprint density at radius 1 is 1.47 bits per heavy atom. The Hall–Kier alpha value is -1.59. The standard InChI is InChI=1S/C13H19N3O3/c1-8-14-15-10(18-8)13-5-9(13)6-16(7-13)11(17)19-12(2,3)4/h9H,5-7H2,1-4H3. The first-order valence-electron chi connectivity index (χ1n) is 6.59. The van der Waals surface area contributed by atoms with Crippen molar-refractivity contribution in [1.29, 1.82) is 0 Å². The Kier molecular flexibility index (Phi) is 2.43. The maximum atomic E-state index is 12.0. The van der Waals surface area contributed by atoms with Gasteiger partial charge in [0.1, 0.15) is 5.60 Å². The second kappa shape index (κ2) is 3.71. The molecular formula is C13H19N3O3. The summed E-state index contributed by atoms with van der Waals surface area (Å²) in [6.07, 6.45) is 0.767. The van der Waals surface area contributed by atoms with E-state index >= 15 is 0 Å². The predicted molar refractivity (Wildman–Crippen MR) is 66.6 cm³/mol. The summed E-state index contributed by atoms with van der Waals surface area (Å²) in [7, 11) is 0. The molecule has 2 aliphatic rings. The summed E-state index contributed by atoms with van der Waals surface area (Å²) in [4.78, 5) is 13.8. The number of aryl methyl sites for hydroxylation is 1. The van der Waals surface area contributed by atoms with Gasteiger partial charge in [0.05, 0.1) is 5.41 Å². The van der Waals surface area contributed by atoms with E-state index in [1.807, 2.05) is 20.8 Å². The molecule has 2 unspecified atom stereocenters. The second-order valence-electron chi connectivity index (χ2n) is 6.54. The van der Waals surface area contributed by atoms with Crippen LogP contribution in [-0.4, -0.2) is 39.9 Å². The van der Waals surface area contributed by atoms with Crippen LogP contribution >= 0.6 is 0 Å². The first-order chi connectivity index (χ1) is 8.80. The van der Waals surface area contributed by atoms with Crippen LogP contribution in [0.15, 0.2) is 4.42 Å². The number of amides is 1. The number of piperidine rings is 1. The van der Waals surface area contributed by atoms with Crippen LogP contribution in [0.5, 0.6) is 0 Å². The van der Waals surface area contributed by atoms with Gasteiger partial charge in [0.15, 0.2) is 0 Å². The molecule has 2 heterocycles. The van der Waals surface area contributed by atoms with Gasteiger partial charge in [-0.1, -0.05) is 0 Å². The smallest absolute Gasteiger partial charge is 0.410 e. The molecule has 1 amide bonds. The van der Waals surface area contributed by atoms with E-state index in [1.54, 1.807) is 11.8 Å². The van der Waals surface area contributed by atoms with Crippen molar-refractivity contribution in [1.82, 2.24) is 15.1 Å². The SMILES string of the molecule is Cc1nnc(C23CC2CN(C(=O)OC(C)(C)C)C3)o1. The fraction of sp³-hybridized carbons (Fsp3) is 0.769. The Labute approximate surface area is 112 Å². The lowest BCUT2D eigenvalue weighted by Crippen LogP contribution is -2.37. The number of fused-ring (bicyclic) bond motifs is 1. The molecule has 1 aromatic heterocycles. The number of ether oxygens (including phenoxy) is 1. The van der Waals surface area contributed by atoms with E-state index in [4.69, 9.17) is 9.15 Å². The van der Waals surface area contributed by atoms with Crippen LogP contribution in [-0.2, 0) is 10.2 Å². The van der Waals surface area contributed by atoms with Gasteiger partial charge in [-0.05, 0) is 33.1 Å². The lowest BCUT2D eigenvalue weighted by atomic mass is 10.1. The van der Waals surface area contributed by atoms with Crippen molar-refractivity contribution in [2.24, 2.45) is 5.92 Å². The summed E-state index contributed by atoms with van der Waals surface area (Å²) in [6.45, 7) is 8.74. The highest BCUT2D eigenvalue weighted by Crippen LogP contribution is 2.58. The van der Waals surface area contributed by atoms with Crippen molar-refractivity contribution < 1.29 is 13.9 Å². The largest absolute Gasteiger partial charge is 0.444 e. The number of hydrogen-bond acceptors (Lipinski definition) is 5. The van der Waals surface area contributed by atoms with Gasteiger partial charge in [-0.25, -0.2) is 4.79 Å². The normalized spacial score (nSPS) is 29.3. The number of aromatic nitrogens is 2. The summed E-state index contributed by atoms with van der Waals surface area (Å²) in [5.41, 5.74) is -0.573. The van der Waals surface area contributed by atoms with E-state index < -0.39 is 5.60 Å². The zero-order valence-electron chi connectivity index (χ0n) is 11.8. The van der Waals surface area contributed by atoms with E-state index in [0.29, 0.717) is 24.2 Å². The molecule has 0 spiro atoms. The highest BCUT2D eigenvalue weighted by Gasteiger charge is 2.65. The molecule has 1 aliphatic heterocycles. The van der Waals surface area contributed by atoms with Crippen molar-refractivity contribution in [3.8, 4) is 0 Å². The third-order valence-electron chi connectivity index (χ3n) is 3.75. The van der Waals surface area contributed by atoms with E-state index in [1.165, 1.54) is 0 Å². The summed E-state index contributed by atoms with van der Waals surface area (Å²) < 4.78 is 10.9. The topological polar surface area (TPSA) is 68.5 Å². The van der Waals surface area contributed by atoms with Gasteiger partial charge in [-0.3, -0.25) is 0 Å². The third kappa shape index (κ3) is 2.09. The van der Waals surface area contributed by atoms with Crippen LogP contribution in [0.2, 0.25) is 0 Å². The molecule has 1 aromatic rings. The number of carbonyl (C=O) groups is 1. The number of carbonyl (C=O) groups excluding carboxylic acids is 1. The Bertz CT molecular complexity index is 519. The number of hydrogen-bond donors (Lipinski definition) is 0. The van der Waals surface area contributed by atoms with E-state index in [9.17, 15) is 4.79 Å². The van der Waals surface area contributed by atoms with Crippen LogP contribution in [0.3, 0.4) is 0 Å². The van der Waals surface area contributed by atoms with Crippen molar-refractivity contribution >= 4 is 6.09 Å². The fourth-order valence-electron chi connectivity index (χ4n) is 2.78. The molecule has 6 heteroatoms. The average molecular weight is 265 g/mol. The molecule has 6 nitrogen and oxygen atoms in total. The molecule has 1 aliphatic carbocycles. The molecule has 104 valence electrons. The molecule has 0 bridgehead atoms. The maximum absolute atomic E-state index is 12.0. The third-order valence-corrected chi connectivity index (χ3v) is 3.75. The average Bonchev–Trinajstić information content (AvgIpc) is 2.68. The molecule has 0 radical (unpaired) electrons.